The number of hydrogen-bond donors (Lipinski definition) is 0. The van der Waals surface area contributed by atoms with E-state index in [1.165, 1.54) is 270 Å². The van der Waals surface area contributed by atoms with Crippen LogP contribution in [0.25, 0.3) is 0 Å². The Hall–Kier alpha value is 0.982. The number of unbranched alkanes of at least 4 members (excludes halogenated alkanes) is 45. The van der Waals surface area contributed by atoms with E-state index in [2.05, 4.69) is 34.3 Å². The molecule has 0 N–H and O–H groups in total. The summed E-state index contributed by atoms with van der Waals surface area (Å²) in [5, 5.41) is 0. The Bertz CT molecular complexity index is 825. The topological polar surface area (TPSA) is 148 Å². The summed E-state index contributed by atoms with van der Waals surface area (Å²) in [6.45, 7) is 7.94. The first-order valence-corrected chi connectivity index (χ1v) is 32.5. The molecule has 0 aliphatic rings. The Morgan fingerprint density at radius 1 is 0.224 bits per heavy atom. The Labute approximate surface area is 430 Å². The smallest absolute Gasteiger partial charge is 0.781 e. The molecule has 0 aliphatic carbocycles. The molecule has 0 rings (SSSR count). The maximum atomic E-state index is 10.2. The van der Waals surface area contributed by atoms with Gasteiger partial charge >= 0.3 is 17.4 Å². The summed E-state index contributed by atoms with van der Waals surface area (Å²) >= 11 is 0. The third-order valence-corrected chi connectivity index (χ3v) is 14.0. The van der Waals surface area contributed by atoms with E-state index in [9.17, 15) is 28.4 Å². The van der Waals surface area contributed by atoms with Gasteiger partial charge in [-0.05, 0) is 19.3 Å². The molecule has 0 aliphatic heterocycles. The average Bonchev–Trinajstić information content (AvgIpc) is 3.29. The first kappa shape index (κ1) is 74.5. The van der Waals surface area contributed by atoms with Gasteiger partial charge in [-0.25, -0.2) is 0 Å². The summed E-state index contributed by atoms with van der Waals surface area (Å²) in [5.41, 5.74) is 0. The summed E-state index contributed by atoms with van der Waals surface area (Å²) in [6.07, 6.45) is 63.8. The molecule has 0 aromatic heterocycles. The normalized spacial score (nSPS) is 12.4. The van der Waals surface area contributed by atoms with Gasteiger partial charge in [0.05, 0.1) is 19.8 Å². The fourth-order valence-corrected chi connectivity index (χ4v) is 9.35. The molecule has 9 nitrogen and oxygen atoms in total. The second kappa shape index (κ2) is 71.2. The molecule has 13 heteroatoms. The maximum Gasteiger partial charge on any atom is 3.00 e. The van der Waals surface area contributed by atoms with Gasteiger partial charge in [0, 0.05) is 0 Å². The van der Waals surface area contributed by atoms with Crippen LogP contribution in [0, 0.1) is 0 Å². The first-order chi connectivity index (χ1) is 32.3. The average molecular weight is 1050 g/mol. The fourth-order valence-electron chi connectivity index (χ4n) is 8.42. The van der Waals surface area contributed by atoms with Gasteiger partial charge in [-0.15, -0.1) is 0 Å². The molecule has 67 heavy (non-hydrogen) atoms. The van der Waals surface area contributed by atoms with E-state index in [-0.39, 0.29) is 17.4 Å². The van der Waals surface area contributed by atoms with Crippen LogP contribution in [0.4, 0.5) is 0 Å². The molecule has 0 fully saturated rings. The van der Waals surface area contributed by atoms with Crippen molar-refractivity contribution in [3.05, 3.63) is 0 Å². The fraction of sp³-hybridized carbons (Fsp3) is 1.00. The second-order valence-corrected chi connectivity index (χ2v) is 21.6. The van der Waals surface area contributed by atoms with E-state index < -0.39 is 24.8 Å². The van der Waals surface area contributed by atoms with Crippen molar-refractivity contribution < 1.29 is 59.3 Å². The van der Waals surface area contributed by atoms with Crippen molar-refractivity contribution in [2.45, 2.75) is 329 Å². The van der Waals surface area contributed by atoms with Gasteiger partial charge in [0.25, 0.3) is 0 Å². The molecule has 3 unspecified atom stereocenters. The van der Waals surface area contributed by atoms with Crippen LogP contribution in [0.3, 0.4) is 0 Å². The van der Waals surface area contributed by atoms with Crippen molar-refractivity contribution in [1.82, 2.24) is 0 Å². The Kier molecular flexibility index (Phi) is 79.2. The maximum absolute atomic E-state index is 10.2. The molecule has 0 bridgehead atoms. The van der Waals surface area contributed by atoms with Crippen LogP contribution in [0.5, 0.6) is 0 Å². The van der Waals surface area contributed by atoms with Crippen LogP contribution in [0.1, 0.15) is 329 Å². The van der Waals surface area contributed by atoms with Crippen molar-refractivity contribution in [1.29, 1.82) is 0 Å². The van der Waals surface area contributed by atoms with E-state index in [0.717, 1.165) is 38.5 Å². The van der Waals surface area contributed by atoms with Gasteiger partial charge in [-0.3, -0.25) is 0 Å². The van der Waals surface area contributed by atoms with Gasteiger partial charge in [-0.2, -0.15) is 0 Å². The molecule has 0 heterocycles. The number of hydrogen-bond acceptors (Lipinski definition) is 9. The van der Waals surface area contributed by atoms with Crippen LogP contribution in [-0.4, -0.2) is 19.8 Å². The molecule has 0 amide bonds. The van der Waals surface area contributed by atoms with Gasteiger partial charge in [0.1, 0.15) is 24.8 Å². The van der Waals surface area contributed by atoms with E-state index in [4.69, 9.17) is 0 Å². The first-order valence-electron chi connectivity index (χ1n) is 28.8. The molecule has 0 aromatic rings. The van der Waals surface area contributed by atoms with Crippen molar-refractivity contribution in [2.75, 3.05) is 19.8 Å². The molecule has 0 spiro atoms. The molecule has 0 aromatic carbocycles. The molecule has 3 atom stereocenters. The van der Waals surface area contributed by atoms with E-state index in [1.54, 1.807) is 0 Å². The predicted molar refractivity (Wildman–Crippen MR) is 283 cm³/mol. The minimum atomic E-state index is -2.95. The van der Waals surface area contributed by atoms with Crippen LogP contribution in [0.15, 0.2) is 0 Å². The van der Waals surface area contributed by atoms with Crippen molar-refractivity contribution in [3.8, 4) is 0 Å². The van der Waals surface area contributed by atoms with Crippen molar-refractivity contribution in [3.63, 3.8) is 0 Å². The number of rotatable bonds is 54. The Morgan fingerprint density at radius 3 is 0.433 bits per heavy atom. The van der Waals surface area contributed by atoms with Gasteiger partial charge in [0.15, 0.2) is 0 Å². The Balaban J connectivity index is -0.000000441. The van der Waals surface area contributed by atoms with Crippen molar-refractivity contribution >= 4 is 24.8 Å². The van der Waals surface area contributed by atoms with Gasteiger partial charge in [-0.1, -0.05) is 310 Å². The minimum Gasteiger partial charge on any atom is -0.781 e. The second-order valence-electron chi connectivity index (χ2n) is 19.2. The quantitative estimate of drug-likeness (QED) is 0.0429. The molecule has 405 valence electrons. The third-order valence-electron chi connectivity index (χ3n) is 12.7. The molecular weight excluding hydrogens is 938 g/mol. The minimum absolute atomic E-state index is 0. The molecular formula is C54H114CrO9P3. The van der Waals surface area contributed by atoms with E-state index >= 15 is 0 Å². The molecule has 1 radical (unpaired) electrons. The summed E-state index contributed by atoms with van der Waals surface area (Å²) in [7, 11) is -8.86. The summed E-state index contributed by atoms with van der Waals surface area (Å²) in [6, 6.07) is 0. The monoisotopic (exact) mass is 1050 g/mol. The predicted octanol–water partition coefficient (Wildman–Crippen LogP) is 18.0. The van der Waals surface area contributed by atoms with Crippen LogP contribution >= 0.6 is 24.8 Å². The third kappa shape index (κ3) is 84.1. The van der Waals surface area contributed by atoms with Gasteiger partial charge < -0.3 is 41.9 Å². The largest absolute Gasteiger partial charge is 3.00 e. The van der Waals surface area contributed by atoms with E-state index in [1.807, 2.05) is 0 Å². The van der Waals surface area contributed by atoms with Crippen molar-refractivity contribution in [2.24, 2.45) is 0 Å². The summed E-state index contributed by atoms with van der Waals surface area (Å²) in [4.78, 5) is 30.6. The zero-order valence-electron chi connectivity index (χ0n) is 44.6. The summed E-state index contributed by atoms with van der Waals surface area (Å²) < 4.78 is 44.3. The van der Waals surface area contributed by atoms with Gasteiger partial charge in [0.2, 0.25) is 0 Å². The molecule has 0 saturated carbocycles. The SMILES string of the molecule is CCCCCCCCCCCCCCCCCCO[PH](=O)[O-].CCCCCCCCCCCCCCCCCCO[PH](=O)[O-].CCCCCCCCCCCCCCCCCCO[PH](=O)[O-].[Cr+3]. The van der Waals surface area contributed by atoms with Crippen LogP contribution in [0.2, 0.25) is 0 Å². The molecule has 0 saturated heterocycles. The zero-order valence-corrected chi connectivity index (χ0v) is 48.9. The zero-order chi connectivity index (χ0) is 48.9. The van der Waals surface area contributed by atoms with Crippen LogP contribution < -0.4 is 14.7 Å². The standard InChI is InChI=1S/3C18H39O3P.Cr/c3*1-2-3-4-5-6-7-8-9-10-11-12-13-14-15-16-17-18-21-22(19)20;/h3*22H,2-18H2,1H3,(H,19,20);/q;;;+3/p-3. The van der Waals surface area contributed by atoms with Crippen LogP contribution in [-0.2, 0) is 44.6 Å². The van der Waals surface area contributed by atoms with E-state index in [0.29, 0.717) is 19.8 Å². The summed E-state index contributed by atoms with van der Waals surface area (Å²) in [5.74, 6) is 0. The Morgan fingerprint density at radius 2 is 0.328 bits per heavy atom.